The van der Waals surface area contributed by atoms with Gasteiger partial charge < -0.3 is 10.6 Å². The minimum absolute atomic E-state index is 0.146. The Kier molecular flexibility index (Phi) is 3.98. The van der Waals surface area contributed by atoms with Crippen LogP contribution in [0.1, 0.15) is 18.1 Å². The largest absolute Gasteiger partial charge is 0.341 e. The van der Waals surface area contributed by atoms with E-state index in [0.717, 1.165) is 12.0 Å². The number of nitrogens with one attached hydrogen (secondary N) is 2. The van der Waals surface area contributed by atoms with E-state index in [1.165, 1.54) is 5.56 Å². The molecule has 0 unspecified atom stereocenters. The zero-order chi connectivity index (χ0) is 10.4. The van der Waals surface area contributed by atoms with Crippen molar-refractivity contribution in [1.82, 2.24) is 10.6 Å². The van der Waals surface area contributed by atoms with Crippen LogP contribution in [-0.2, 0) is 13.0 Å². The molecule has 14 heavy (non-hydrogen) atoms. The van der Waals surface area contributed by atoms with Crippen molar-refractivity contribution in [2.75, 3.05) is 7.05 Å². The molecule has 3 nitrogen and oxygen atoms in total. The van der Waals surface area contributed by atoms with Gasteiger partial charge in [0.15, 0.2) is 0 Å². The smallest absolute Gasteiger partial charge is 0.314 e. The Labute approximate surface area is 84.5 Å². The average molecular weight is 192 g/mol. The number of carbonyl (C=O) groups excluding carboxylic acids is 1. The molecule has 0 atom stereocenters. The number of hydrogen-bond donors (Lipinski definition) is 2. The molecule has 0 aliphatic heterocycles. The van der Waals surface area contributed by atoms with Crippen LogP contribution < -0.4 is 10.6 Å². The fourth-order valence-corrected chi connectivity index (χ4v) is 1.23. The van der Waals surface area contributed by atoms with Crippen LogP contribution in [0.2, 0.25) is 0 Å². The summed E-state index contributed by atoms with van der Waals surface area (Å²) in [5.41, 5.74) is 2.43. The second-order valence-electron chi connectivity index (χ2n) is 3.11. The normalized spacial score (nSPS) is 9.57. The third kappa shape index (κ3) is 3.09. The van der Waals surface area contributed by atoms with Crippen molar-refractivity contribution in [1.29, 1.82) is 0 Å². The van der Waals surface area contributed by atoms with Gasteiger partial charge in [-0.15, -0.1) is 0 Å². The fraction of sp³-hybridized carbons (Fsp3) is 0.364. The summed E-state index contributed by atoms with van der Waals surface area (Å²) in [6.45, 7) is 2.69. The summed E-state index contributed by atoms with van der Waals surface area (Å²) in [5, 5.41) is 5.26. The van der Waals surface area contributed by atoms with Gasteiger partial charge in [-0.3, -0.25) is 0 Å². The van der Waals surface area contributed by atoms with Gasteiger partial charge in [0.2, 0.25) is 0 Å². The third-order valence-electron chi connectivity index (χ3n) is 2.08. The van der Waals surface area contributed by atoms with E-state index < -0.39 is 0 Å². The lowest BCUT2D eigenvalue weighted by molar-refractivity contribution is 0.242. The van der Waals surface area contributed by atoms with Crippen molar-refractivity contribution in [3.05, 3.63) is 35.4 Å². The van der Waals surface area contributed by atoms with Crippen molar-refractivity contribution in [3.8, 4) is 0 Å². The summed E-state index contributed by atoms with van der Waals surface area (Å²) in [6.07, 6.45) is 1.02. The van der Waals surface area contributed by atoms with Crippen molar-refractivity contribution in [2.45, 2.75) is 19.9 Å². The van der Waals surface area contributed by atoms with Crippen LogP contribution in [0.15, 0.2) is 24.3 Å². The van der Waals surface area contributed by atoms with Crippen LogP contribution in [0.3, 0.4) is 0 Å². The van der Waals surface area contributed by atoms with Crippen molar-refractivity contribution < 1.29 is 4.79 Å². The highest BCUT2D eigenvalue weighted by Crippen LogP contribution is 2.05. The quantitative estimate of drug-likeness (QED) is 0.751. The maximum Gasteiger partial charge on any atom is 0.314 e. The predicted molar refractivity (Wildman–Crippen MR) is 57.1 cm³/mol. The lowest BCUT2D eigenvalue weighted by Gasteiger charge is -2.05. The molecule has 0 aliphatic carbocycles. The SMILES string of the molecule is CCc1cccc(CNC(=O)NC)c1. The number of amides is 2. The van der Waals surface area contributed by atoms with Gasteiger partial charge in [0.05, 0.1) is 0 Å². The summed E-state index contributed by atoms with van der Waals surface area (Å²) in [4.78, 5) is 10.9. The molecule has 0 saturated carbocycles. The van der Waals surface area contributed by atoms with E-state index in [0.29, 0.717) is 6.54 Å². The van der Waals surface area contributed by atoms with Gasteiger partial charge in [0.25, 0.3) is 0 Å². The number of aryl methyl sites for hydroxylation is 1. The van der Waals surface area contributed by atoms with E-state index in [1.54, 1.807) is 7.05 Å². The minimum Gasteiger partial charge on any atom is -0.341 e. The second-order valence-corrected chi connectivity index (χ2v) is 3.11. The standard InChI is InChI=1S/C11H16N2O/c1-3-9-5-4-6-10(7-9)8-13-11(14)12-2/h4-7H,3,8H2,1-2H3,(H2,12,13,14). The molecule has 0 fully saturated rings. The molecular formula is C11H16N2O. The van der Waals surface area contributed by atoms with Crippen molar-refractivity contribution in [3.63, 3.8) is 0 Å². The molecule has 0 spiro atoms. The second kappa shape index (κ2) is 5.27. The molecular weight excluding hydrogens is 176 g/mol. The molecule has 0 aromatic heterocycles. The van der Waals surface area contributed by atoms with Crippen molar-refractivity contribution >= 4 is 6.03 Å². The van der Waals surface area contributed by atoms with E-state index >= 15 is 0 Å². The molecule has 1 rings (SSSR count). The summed E-state index contributed by atoms with van der Waals surface area (Å²) in [6, 6.07) is 8.07. The molecule has 2 amide bonds. The van der Waals surface area contributed by atoms with Crippen LogP contribution in [0.5, 0.6) is 0 Å². The first kappa shape index (κ1) is 10.6. The number of benzene rings is 1. The highest BCUT2D eigenvalue weighted by Gasteiger charge is 1.97. The average Bonchev–Trinajstić information content (AvgIpc) is 2.26. The monoisotopic (exact) mass is 192 g/mol. The highest BCUT2D eigenvalue weighted by atomic mass is 16.2. The topological polar surface area (TPSA) is 41.1 Å². The highest BCUT2D eigenvalue weighted by molar-refractivity contribution is 5.73. The maximum atomic E-state index is 10.9. The van der Waals surface area contributed by atoms with E-state index in [4.69, 9.17) is 0 Å². The zero-order valence-corrected chi connectivity index (χ0v) is 8.63. The van der Waals surface area contributed by atoms with Gasteiger partial charge in [-0.2, -0.15) is 0 Å². The van der Waals surface area contributed by atoms with E-state index in [2.05, 4.69) is 29.7 Å². The molecule has 0 aliphatic rings. The van der Waals surface area contributed by atoms with Crippen molar-refractivity contribution in [2.24, 2.45) is 0 Å². The van der Waals surface area contributed by atoms with Gasteiger partial charge in [-0.05, 0) is 17.5 Å². The molecule has 2 N–H and O–H groups in total. The Bertz CT molecular complexity index is 310. The molecule has 0 saturated heterocycles. The number of carbonyl (C=O) groups is 1. The Morgan fingerprint density at radius 1 is 1.36 bits per heavy atom. The number of hydrogen-bond acceptors (Lipinski definition) is 1. The Balaban J connectivity index is 2.54. The van der Waals surface area contributed by atoms with Crippen LogP contribution in [0, 0.1) is 0 Å². The summed E-state index contributed by atoms with van der Waals surface area (Å²) in [5.74, 6) is 0. The zero-order valence-electron chi connectivity index (χ0n) is 8.63. The fourth-order valence-electron chi connectivity index (χ4n) is 1.23. The van der Waals surface area contributed by atoms with Gasteiger partial charge in [0, 0.05) is 13.6 Å². The molecule has 0 heterocycles. The summed E-state index contributed by atoms with van der Waals surface area (Å²) in [7, 11) is 1.61. The van der Waals surface area contributed by atoms with Gasteiger partial charge in [-0.1, -0.05) is 31.2 Å². The summed E-state index contributed by atoms with van der Waals surface area (Å²) >= 11 is 0. The van der Waals surface area contributed by atoms with E-state index in [9.17, 15) is 4.79 Å². The summed E-state index contributed by atoms with van der Waals surface area (Å²) < 4.78 is 0. The van der Waals surface area contributed by atoms with Gasteiger partial charge >= 0.3 is 6.03 Å². The van der Waals surface area contributed by atoms with Gasteiger partial charge in [0.1, 0.15) is 0 Å². The third-order valence-corrected chi connectivity index (χ3v) is 2.08. The molecule has 76 valence electrons. The first-order chi connectivity index (χ1) is 6.76. The maximum absolute atomic E-state index is 10.9. The van der Waals surface area contributed by atoms with Crippen LogP contribution >= 0.6 is 0 Å². The van der Waals surface area contributed by atoms with E-state index in [-0.39, 0.29) is 6.03 Å². The van der Waals surface area contributed by atoms with Crippen LogP contribution in [-0.4, -0.2) is 13.1 Å². The molecule has 1 aromatic rings. The molecule has 0 bridgehead atoms. The first-order valence-corrected chi connectivity index (χ1v) is 4.79. The van der Waals surface area contributed by atoms with Crippen LogP contribution in [0.25, 0.3) is 0 Å². The minimum atomic E-state index is -0.146. The Hall–Kier alpha value is -1.51. The van der Waals surface area contributed by atoms with E-state index in [1.807, 2.05) is 12.1 Å². The Morgan fingerprint density at radius 3 is 2.71 bits per heavy atom. The lowest BCUT2D eigenvalue weighted by Crippen LogP contribution is -2.32. The molecule has 1 aromatic carbocycles. The molecule has 3 heteroatoms. The molecule has 0 radical (unpaired) electrons. The predicted octanol–water partition coefficient (Wildman–Crippen LogP) is 1.68. The Morgan fingerprint density at radius 2 is 2.07 bits per heavy atom. The number of urea groups is 1. The van der Waals surface area contributed by atoms with Crippen LogP contribution in [0.4, 0.5) is 4.79 Å². The van der Waals surface area contributed by atoms with Gasteiger partial charge in [-0.25, -0.2) is 4.79 Å². The lowest BCUT2D eigenvalue weighted by atomic mass is 10.1. The number of rotatable bonds is 3. The first-order valence-electron chi connectivity index (χ1n) is 4.79.